The van der Waals surface area contributed by atoms with Gasteiger partial charge in [0, 0.05) is 28.2 Å². The molecule has 23 heteroatoms. The second kappa shape index (κ2) is 22.2. The summed E-state index contributed by atoms with van der Waals surface area (Å²) in [7, 11) is -0.134. The van der Waals surface area contributed by atoms with Gasteiger partial charge in [0.25, 0.3) is 0 Å². The van der Waals surface area contributed by atoms with Crippen molar-refractivity contribution in [3.63, 3.8) is 0 Å². The standard InChI is InChI=1S/C21H20N6O3S.C12H10BO2.C9H12N6O2S.H2O/c1-22-31(28,29)18-12-13-20(19(14-18)21-24-26-27(2)25-21)23-15-8-10-17(11-9-15)30-16-6-4-3-5-7-16;14-13-10-6-8-12(9-7-10)15-11-4-2-1-3-5-11;1-11-18(16,17)6-3-4-8(10)7(5-6)9-12-14-15(2)13-9;/h3-14,22-23H,1-2H3;1-9,14H;3-5,11H,10H2,1-2H3;1H2. The lowest BCUT2D eigenvalue weighted by atomic mass is 9.89. The summed E-state index contributed by atoms with van der Waals surface area (Å²) in [4.78, 5) is 2.79. The maximum Gasteiger partial charge on any atom is 0.326 e. The number of benzene rings is 6. The number of rotatable bonds is 13. The highest BCUT2D eigenvalue weighted by Crippen LogP contribution is 2.32. The molecule has 0 atom stereocenters. The summed E-state index contributed by atoms with van der Waals surface area (Å²) < 4.78 is 63.8. The van der Waals surface area contributed by atoms with Gasteiger partial charge in [0.05, 0.1) is 23.9 Å². The van der Waals surface area contributed by atoms with Crippen LogP contribution in [0, 0.1) is 0 Å². The summed E-state index contributed by atoms with van der Waals surface area (Å²) in [5.41, 5.74) is 9.29. The number of nitrogens with one attached hydrogen (secondary N) is 3. The van der Waals surface area contributed by atoms with Gasteiger partial charge in [-0.1, -0.05) is 54.0 Å². The molecule has 0 amide bonds. The van der Waals surface area contributed by atoms with Crippen LogP contribution in [-0.2, 0) is 34.1 Å². The lowest BCUT2D eigenvalue weighted by Crippen LogP contribution is -2.18. The molecule has 2 heterocycles. The van der Waals surface area contributed by atoms with Crippen LogP contribution in [0.1, 0.15) is 0 Å². The van der Waals surface area contributed by atoms with Crippen LogP contribution >= 0.6 is 0 Å². The molecule has 335 valence electrons. The number of para-hydroxylation sites is 2. The van der Waals surface area contributed by atoms with Crippen LogP contribution < -0.4 is 35.4 Å². The fourth-order valence-corrected chi connectivity index (χ4v) is 7.05. The molecule has 6 aromatic carbocycles. The van der Waals surface area contributed by atoms with Crippen molar-refractivity contribution in [3.05, 3.63) is 146 Å². The first-order chi connectivity index (χ1) is 30.8. The summed E-state index contributed by atoms with van der Waals surface area (Å²) in [5.74, 6) is 3.60. The minimum absolute atomic E-state index is 0. The second-order valence-corrected chi connectivity index (χ2v) is 17.0. The van der Waals surface area contributed by atoms with Crippen molar-refractivity contribution in [2.24, 2.45) is 14.1 Å². The number of hydrogen-bond acceptors (Lipinski definition) is 15. The molecule has 2 aromatic heterocycles. The van der Waals surface area contributed by atoms with Gasteiger partial charge in [0.15, 0.2) is 0 Å². The molecule has 0 fully saturated rings. The third-order valence-electron chi connectivity index (χ3n) is 8.79. The third kappa shape index (κ3) is 13.2. The summed E-state index contributed by atoms with van der Waals surface area (Å²) in [6, 6.07) is 42.7. The maximum atomic E-state index is 12.2. The zero-order valence-electron chi connectivity index (χ0n) is 35.3. The first-order valence-corrected chi connectivity index (χ1v) is 22.0. The van der Waals surface area contributed by atoms with E-state index in [1.807, 2.05) is 97.1 Å². The predicted molar refractivity (Wildman–Crippen MR) is 246 cm³/mol. The minimum atomic E-state index is -3.62. The van der Waals surface area contributed by atoms with Gasteiger partial charge in [-0.3, -0.25) is 0 Å². The average molecular weight is 920 g/mol. The number of ether oxygens (including phenoxy) is 2. The molecule has 0 aliphatic heterocycles. The van der Waals surface area contributed by atoms with Crippen molar-refractivity contribution >= 4 is 50.1 Å². The van der Waals surface area contributed by atoms with Crippen molar-refractivity contribution in [2.75, 3.05) is 25.1 Å². The SMILES string of the molecule is CNS(=O)(=O)c1ccc(N)c(-c2nnn(C)n2)c1.CNS(=O)(=O)c1ccc(Nc2ccc(Oc3ccccc3)cc2)c(-c2nnn(C)n2)c1.O.O[B]c1ccc(Oc2ccccc2)cc1. The largest absolute Gasteiger partial charge is 0.457 e. The Morgan fingerprint density at radius 3 is 1.46 bits per heavy atom. The monoisotopic (exact) mass is 919 g/mol. The quantitative estimate of drug-likeness (QED) is 0.0816. The number of aromatic nitrogens is 8. The van der Waals surface area contributed by atoms with E-state index in [1.165, 1.54) is 54.0 Å². The van der Waals surface area contributed by atoms with Crippen LogP contribution in [0.2, 0.25) is 0 Å². The Kier molecular flexibility index (Phi) is 16.6. The van der Waals surface area contributed by atoms with Crippen LogP contribution in [0.5, 0.6) is 23.0 Å². The van der Waals surface area contributed by atoms with E-state index in [9.17, 15) is 16.8 Å². The summed E-state index contributed by atoms with van der Waals surface area (Å²) in [6.45, 7) is 0. The number of nitrogens with two attached hydrogens (primary N) is 1. The maximum absolute atomic E-state index is 12.2. The molecular weight excluding hydrogens is 875 g/mol. The van der Waals surface area contributed by atoms with Gasteiger partial charge in [0.1, 0.15) is 23.0 Å². The molecule has 8 N–H and O–H groups in total. The Morgan fingerprint density at radius 1 is 0.585 bits per heavy atom. The average Bonchev–Trinajstić information content (AvgIpc) is 3.96. The topological polar surface area (TPSA) is 288 Å². The number of aryl methyl sites for hydroxylation is 2. The van der Waals surface area contributed by atoms with E-state index in [0.717, 1.165) is 35.9 Å². The normalized spacial score (nSPS) is 10.8. The van der Waals surface area contributed by atoms with Crippen molar-refractivity contribution in [1.82, 2.24) is 49.9 Å². The fourth-order valence-electron chi connectivity index (χ4n) is 5.53. The molecule has 8 rings (SSSR count). The Morgan fingerprint density at radius 2 is 1.02 bits per heavy atom. The van der Waals surface area contributed by atoms with Crippen LogP contribution in [0.4, 0.5) is 17.1 Å². The molecule has 8 aromatic rings. The van der Waals surface area contributed by atoms with Gasteiger partial charge in [-0.2, -0.15) is 9.59 Å². The van der Waals surface area contributed by atoms with Gasteiger partial charge in [-0.15, -0.1) is 20.4 Å². The fraction of sp³-hybridized carbons (Fsp3) is 0.0952. The highest BCUT2D eigenvalue weighted by atomic mass is 32.2. The molecule has 0 spiro atoms. The van der Waals surface area contributed by atoms with Crippen LogP contribution in [0.25, 0.3) is 22.8 Å². The lowest BCUT2D eigenvalue weighted by Gasteiger charge is -2.13. The molecule has 0 saturated carbocycles. The molecule has 0 aliphatic rings. The molecule has 20 nitrogen and oxygen atoms in total. The molecule has 0 bridgehead atoms. The van der Waals surface area contributed by atoms with E-state index in [0.29, 0.717) is 34.1 Å². The molecule has 65 heavy (non-hydrogen) atoms. The van der Waals surface area contributed by atoms with Crippen LogP contribution in [0.15, 0.2) is 155 Å². The van der Waals surface area contributed by atoms with Gasteiger partial charge >= 0.3 is 7.48 Å². The first-order valence-electron chi connectivity index (χ1n) is 19.1. The molecular formula is C42H44BN12O8S2. The number of nitrogens with zero attached hydrogens (tertiary/aromatic N) is 8. The number of tetrazole rings is 2. The summed E-state index contributed by atoms with van der Waals surface area (Å²) in [6.07, 6.45) is 0. The Hall–Kier alpha value is -7.54. The zero-order chi connectivity index (χ0) is 45.7. The zero-order valence-corrected chi connectivity index (χ0v) is 36.9. The predicted octanol–water partition coefficient (Wildman–Crippen LogP) is 3.58. The van der Waals surface area contributed by atoms with Crippen molar-refractivity contribution in [1.29, 1.82) is 0 Å². The van der Waals surface area contributed by atoms with Crippen molar-refractivity contribution in [3.8, 4) is 45.8 Å². The van der Waals surface area contributed by atoms with Crippen molar-refractivity contribution in [2.45, 2.75) is 9.79 Å². The van der Waals surface area contributed by atoms with Crippen LogP contribution in [-0.4, -0.2) is 89.3 Å². The van der Waals surface area contributed by atoms with Crippen LogP contribution in [0.3, 0.4) is 0 Å². The molecule has 0 unspecified atom stereocenters. The molecule has 0 saturated heterocycles. The van der Waals surface area contributed by atoms with Gasteiger partial charge < -0.3 is 31.0 Å². The highest BCUT2D eigenvalue weighted by molar-refractivity contribution is 7.89. The minimum Gasteiger partial charge on any atom is -0.457 e. The van der Waals surface area contributed by atoms with E-state index < -0.39 is 20.0 Å². The van der Waals surface area contributed by atoms with Gasteiger partial charge in [-0.25, -0.2) is 26.3 Å². The van der Waals surface area contributed by atoms with Crippen molar-refractivity contribution < 1.29 is 36.8 Å². The van der Waals surface area contributed by atoms with E-state index in [2.05, 4.69) is 45.6 Å². The summed E-state index contributed by atoms with van der Waals surface area (Å²) >= 11 is 0. The van der Waals surface area contributed by atoms with Gasteiger partial charge in [-0.05, 0) is 122 Å². The van der Waals surface area contributed by atoms with E-state index in [-0.39, 0.29) is 21.1 Å². The first kappa shape index (κ1) is 48.5. The molecule has 0 aliphatic carbocycles. The number of hydrogen-bond donors (Lipinski definition) is 5. The Bertz CT molecular complexity index is 3000. The Balaban J connectivity index is 0.000000198. The number of sulfonamides is 2. The summed E-state index contributed by atoms with van der Waals surface area (Å²) in [5, 5.41) is 35.6. The second-order valence-electron chi connectivity index (χ2n) is 13.3. The molecule has 1 radical (unpaired) electrons. The van der Waals surface area contributed by atoms with E-state index in [4.69, 9.17) is 20.2 Å². The Labute approximate surface area is 375 Å². The lowest BCUT2D eigenvalue weighted by molar-refractivity contribution is 0.482. The van der Waals surface area contributed by atoms with E-state index >= 15 is 0 Å². The smallest absolute Gasteiger partial charge is 0.326 e. The third-order valence-corrected chi connectivity index (χ3v) is 11.6. The number of anilines is 3. The number of nitrogen functional groups attached to an aromatic ring is 1. The highest BCUT2D eigenvalue weighted by Gasteiger charge is 2.19. The van der Waals surface area contributed by atoms with E-state index in [1.54, 1.807) is 32.3 Å². The van der Waals surface area contributed by atoms with Gasteiger partial charge in [0.2, 0.25) is 31.7 Å².